The van der Waals surface area contributed by atoms with E-state index in [-0.39, 0.29) is 33.2 Å². The van der Waals surface area contributed by atoms with Gasteiger partial charge in [0, 0.05) is 16.2 Å². The average Bonchev–Trinajstić information content (AvgIpc) is 2.98. The van der Waals surface area contributed by atoms with E-state index in [4.69, 9.17) is 4.42 Å². The SMILES string of the molecule is CC(C)(C)/C=C/C=C/C(=O)C(C)(C)C.CC(C)(C)C(=O)c1ccc(C(C)(C)C)o1. The number of rotatable bonds is 3. The molecule has 1 aromatic rings. The van der Waals surface area contributed by atoms with Crippen molar-refractivity contribution in [3.8, 4) is 0 Å². The van der Waals surface area contributed by atoms with Gasteiger partial charge in [-0.15, -0.1) is 0 Å². The van der Waals surface area contributed by atoms with Crippen LogP contribution in [0.1, 0.15) is 99.4 Å². The van der Waals surface area contributed by atoms with Crippen LogP contribution >= 0.6 is 0 Å². The lowest BCUT2D eigenvalue weighted by Crippen LogP contribution is -2.19. The van der Waals surface area contributed by atoms with Gasteiger partial charge in [0.05, 0.1) is 0 Å². The van der Waals surface area contributed by atoms with Crippen LogP contribution in [0.15, 0.2) is 40.9 Å². The first-order chi connectivity index (χ1) is 12.7. The number of hydrogen-bond donors (Lipinski definition) is 0. The molecular weight excluding hydrogens is 360 g/mol. The summed E-state index contributed by atoms with van der Waals surface area (Å²) in [5.74, 6) is 1.54. The van der Waals surface area contributed by atoms with Gasteiger partial charge in [-0.25, -0.2) is 0 Å². The van der Waals surface area contributed by atoms with Crippen LogP contribution in [-0.4, -0.2) is 11.6 Å². The maximum Gasteiger partial charge on any atom is 0.203 e. The highest BCUT2D eigenvalue weighted by atomic mass is 16.3. The van der Waals surface area contributed by atoms with E-state index in [1.807, 2.05) is 59.8 Å². The molecule has 29 heavy (non-hydrogen) atoms. The lowest BCUT2D eigenvalue weighted by molar-refractivity contribution is -0.121. The number of allylic oxidation sites excluding steroid dienone is 4. The second-order valence-corrected chi connectivity index (χ2v) is 11.7. The maximum absolute atomic E-state index is 11.9. The second-order valence-electron chi connectivity index (χ2n) is 11.7. The summed E-state index contributed by atoms with van der Waals surface area (Å²) >= 11 is 0. The van der Waals surface area contributed by atoms with Gasteiger partial charge in [-0.3, -0.25) is 9.59 Å². The van der Waals surface area contributed by atoms with Crippen LogP contribution in [0.2, 0.25) is 0 Å². The van der Waals surface area contributed by atoms with Crippen LogP contribution in [0, 0.1) is 16.2 Å². The van der Waals surface area contributed by atoms with Crippen molar-refractivity contribution in [2.45, 2.75) is 88.5 Å². The Hall–Kier alpha value is -1.90. The van der Waals surface area contributed by atoms with Crippen molar-refractivity contribution in [3.05, 3.63) is 48.0 Å². The molecule has 0 saturated carbocycles. The molecule has 1 rings (SSSR count). The predicted octanol–water partition coefficient (Wildman–Crippen LogP) is 7.57. The van der Waals surface area contributed by atoms with Crippen molar-refractivity contribution in [2.75, 3.05) is 0 Å². The molecular formula is C26H42O3. The molecule has 0 aliphatic heterocycles. The number of ketones is 2. The summed E-state index contributed by atoms with van der Waals surface area (Å²) in [6.45, 7) is 24.0. The van der Waals surface area contributed by atoms with Gasteiger partial charge in [-0.2, -0.15) is 0 Å². The highest BCUT2D eigenvalue weighted by Crippen LogP contribution is 2.28. The van der Waals surface area contributed by atoms with E-state index in [0.29, 0.717) is 5.76 Å². The number of Topliss-reactive ketones (excluding diaryl/α,β-unsaturated/α-hetero) is 1. The number of furan rings is 1. The van der Waals surface area contributed by atoms with Crippen LogP contribution in [0.4, 0.5) is 0 Å². The molecule has 0 bridgehead atoms. The first kappa shape index (κ1) is 27.1. The number of carbonyl (C=O) groups is 2. The molecule has 1 aromatic heterocycles. The van der Waals surface area contributed by atoms with Gasteiger partial charge in [0.25, 0.3) is 0 Å². The van der Waals surface area contributed by atoms with Crippen molar-refractivity contribution in [1.29, 1.82) is 0 Å². The van der Waals surface area contributed by atoms with Gasteiger partial charge in [0.1, 0.15) is 5.76 Å². The molecule has 0 spiro atoms. The Balaban J connectivity index is 0.000000543. The van der Waals surface area contributed by atoms with Gasteiger partial charge in [0.15, 0.2) is 11.5 Å². The van der Waals surface area contributed by atoms with E-state index in [0.717, 1.165) is 5.76 Å². The van der Waals surface area contributed by atoms with E-state index >= 15 is 0 Å². The highest BCUT2D eigenvalue weighted by Gasteiger charge is 2.27. The minimum absolute atomic E-state index is 0.0452. The molecule has 164 valence electrons. The van der Waals surface area contributed by atoms with E-state index in [9.17, 15) is 9.59 Å². The Morgan fingerprint density at radius 2 is 1.28 bits per heavy atom. The maximum atomic E-state index is 11.9. The topological polar surface area (TPSA) is 47.3 Å². The quantitative estimate of drug-likeness (QED) is 0.297. The Kier molecular flexibility index (Phi) is 9.10. The van der Waals surface area contributed by atoms with Crippen molar-refractivity contribution in [2.24, 2.45) is 16.2 Å². The van der Waals surface area contributed by atoms with Crippen molar-refractivity contribution >= 4 is 11.6 Å². The molecule has 0 saturated heterocycles. The third-order valence-corrected chi connectivity index (χ3v) is 3.94. The van der Waals surface area contributed by atoms with Crippen LogP contribution in [0.5, 0.6) is 0 Å². The Morgan fingerprint density at radius 1 is 0.759 bits per heavy atom. The molecule has 0 radical (unpaired) electrons. The second kappa shape index (κ2) is 9.73. The lowest BCUT2D eigenvalue weighted by atomic mass is 9.89. The summed E-state index contributed by atoms with van der Waals surface area (Å²) in [7, 11) is 0. The minimum atomic E-state index is -0.382. The molecule has 0 fully saturated rings. The normalized spacial score (nSPS) is 13.5. The largest absolute Gasteiger partial charge is 0.457 e. The average molecular weight is 403 g/mol. The standard InChI is InChI=1S/C13H20O2.C13H22O/c1-12(2,3)10-8-7-9(15-10)11(14)13(4,5)6;1-12(2,3)10-8-7-9-11(14)13(4,5)6/h7-8H,1-6H3;7-10H,1-6H3/b;9-7+,10-8+. The fourth-order valence-electron chi connectivity index (χ4n) is 1.97. The summed E-state index contributed by atoms with van der Waals surface area (Å²) in [5.41, 5.74) is -0.523. The molecule has 3 nitrogen and oxygen atoms in total. The van der Waals surface area contributed by atoms with Gasteiger partial charge in [-0.05, 0) is 23.6 Å². The minimum Gasteiger partial charge on any atom is -0.457 e. The van der Waals surface area contributed by atoms with Crippen LogP contribution in [0.25, 0.3) is 0 Å². The molecule has 0 aliphatic rings. The van der Waals surface area contributed by atoms with Crippen molar-refractivity contribution in [1.82, 2.24) is 0 Å². The fraction of sp³-hybridized carbons (Fsp3) is 0.615. The molecule has 0 amide bonds. The zero-order valence-corrected chi connectivity index (χ0v) is 20.7. The van der Waals surface area contributed by atoms with E-state index in [2.05, 4.69) is 47.6 Å². The third kappa shape index (κ3) is 11.0. The van der Waals surface area contributed by atoms with E-state index in [1.54, 1.807) is 12.1 Å². The molecule has 1 heterocycles. The van der Waals surface area contributed by atoms with Crippen LogP contribution in [0.3, 0.4) is 0 Å². The van der Waals surface area contributed by atoms with Crippen molar-refractivity contribution < 1.29 is 14.0 Å². The van der Waals surface area contributed by atoms with Crippen LogP contribution in [-0.2, 0) is 10.2 Å². The van der Waals surface area contributed by atoms with Crippen LogP contribution < -0.4 is 0 Å². The summed E-state index contributed by atoms with van der Waals surface area (Å²) < 4.78 is 5.59. The molecule has 0 unspecified atom stereocenters. The Labute approximate surface area is 178 Å². The summed E-state index contributed by atoms with van der Waals surface area (Å²) in [5, 5.41) is 0. The summed E-state index contributed by atoms with van der Waals surface area (Å²) in [4.78, 5) is 23.4. The summed E-state index contributed by atoms with van der Waals surface area (Å²) in [6.07, 6.45) is 7.48. The van der Waals surface area contributed by atoms with E-state index < -0.39 is 0 Å². The molecule has 0 atom stereocenters. The molecule has 0 aliphatic carbocycles. The zero-order valence-electron chi connectivity index (χ0n) is 20.7. The Bertz CT molecular complexity index is 731. The fourth-order valence-corrected chi connectivity index (χ4v) is 1.97. The zero-order chi connectivity index (χ0) is 23.3. The Morgan fingerprint density at radius 3 is 1.62 bits per heavy atom. The first-order valence-electron chi connectivity index (χ1n) is 10.3. The van der Waals surface area contributed by atoms with Gasteiger partial charge >= 0.3 is 0 Å². The van der Waals surface area contributed by atoms with Gasteiger partial charge in [-0.1, -0.05) is 101 Å². The highest BCUT2D eigenvalue weighted by molar-refractivity contribution is 5.97. The molecule has 3 heteroatoms. The number of hydrogen-bond acceptors (Lipinski definition) is 3. The third-order valence-electron chi connectivity index (χ3n) is 3.94. The van der Waals surface area contributed by atoms with Crippen molar-refractivity contribution in [3.63, 3.8) is 0 Å². The summed E-state index contributed by atoms with van der Waals surface area (Å²) in [6, 6.07) is 3.66. The lowest BCUT2D eigenvalue weighted by Gasteiger charge is -2.16. The monoisotopic (exact) mass is 402 g/mol. The number of carbonyl (C=O) groups excluding carboxylic acids is 2. The molecule has 0 aromatic carbocycles. The first-order valence-corrected chi connectivity index (χ1v) is 10.3. The molecule has 0 N–H and O–H groups in total. The van der Waals surface area contributed by atoms with Gasteiger partial charge < -0.3 is 4.42 Å². The predicted molar refractivity (Wildman–Crippen MR) is 123 cm³/mol. The van der Waals surface area contributed by atoms with Gasteiger partial charge in [0.2, 0.25) is 5.78 Å². The smallest absolute Gasteiger partial charge is 0.203 e. The van der Waals surface area contributed by atoms with E-state index in [1.165, 1.54) is 0 Å².